The van der Waals surface area contributed by atoms with Crippen molar-refractivity contribution in [1.82, 2.24) is 15.5 Å². The second kappa shape index (κ2) is 133. The largest absolute Gasteiger partial charge is 0.870 e. The van der Waals surface area contributed by atoms with E-state index in [1.165, 1.54) is 19.3 Å². The molecule has 0 rings (SSSR count). The van der Waals surface area contributed by atoms with Gasteiger partial charge in [0.1, 0.15) is 0 Å². The monoisotopic (exact) mass is 779 g/mol. The fraction of sp³-hybridized carbons (Fsp3) is 0.938. The van der Waals surface area contributed by atoms with E-state index in [1.807, 2.05) is 28.1 Å². The predicted molar refractivity (Wildman–Crippen MR) is 200 cm³/mol. The van der Waals surface area contributed by atoms with Crippen LogP contribution in [0.5, 0.6) is 0 Å². The summed E-state index contributed by atoms with van der Waals surface area (Å²) in [6.45, 7) is 12.4. The molecule has 10 heteroatoms. The Balaban J connectivity index is -0.00000000935. The zero-order chi connectivity index (χ0) is 21.9. The maximum absolute atomic E-state index is 11.1. The molecule has 276 valence electrons. The van der Waals surface area contributed by atoms with Crippen LogP contribution in [0.3, 0.4) is 0 Å². The van der Waals surface area contributed by atoms with Gasteiger partial charge in [0.05, 0.1) is 6.42 Å². The number of carbonyl (C=O) groups is 2. The molecule has 0 saturated heterocycles. The number of carbonyl (C=O) groups excluding carboxylic acids is 1. The molecule has 2 radical (unpaired) electrons. The number of nitrogens with zero attached hydrogens (tertiary/aromatic N) is 2. The summed E-state index contributed by atoms with van der Waals surface area (Å²) in [7, 11) is 7.45. The van der Waals surface area contributed by atoms with Crippen molar-refractivity contribution in [3.63, 3.8) is 0 Å². The average Bonchev–Trinajstić information content (AvgIpc) is 2.63. The standard InChI is InChI=1S/C8H15NO3.2C4H11N.C4H10N.12CH4.H2O.2Y/c1-3-6-9(2)7(10)4-5-8(11)12;3*1-3-4-5-2;;;;;;;;;;;;;;;/h3-6H2,1-2H3,(H,11,12);2*5H,3-4H2,1-2H3;3-4H2,1-2H3;12*1H4;1H2;;/q;;;-1;;;;;;;;;;;;;;;/p-1. The Kier molecular flexibility index (Phi) is 419. The Morgan fingerprint density at radius 3 is 1.07 bits per heavy atom. The summed E-state index contributed by atoms with van der Waals surface area (Å²) in [6, 6.07) is 0. The van der Waals surface area contributed by atoms with E-state index >= 15 is 0 Å². The number of rotatable bonds is 11. The van der Waals surface area contributed by atoms with Crippen LogP contribution in [0.1, 0.15) is 155 Å². The molecule has 0 atom stereocenters. The molecule has 0 bridgehead atoms. The summed E-state index contributed by atoms with van der Waals surface area (Å²) in [6.07, 6.45) is 4.57. The van der Waals surface area contributed by atoms with Crippen molar-refractivity contribution in [3.8, 4) is 0 Å². The van der Waals surface area contributed by atoms with E-state index in [9.17, 15) is 9.59 Å². The van der Waals surface area contributed by atoms with E-state index < -0.39 is 5.97 Å². The SMILES string of the molecule is C.C.C.C.C.C.C.C.C.C.C.C.CCCN(C)C(=O)CCC(=O)O.CCCNC.CCCNC.CCC[N-]C.[OH-].[Y].[Y]. The van der Waals surface area contributed by atoms with Crippen LogP contribution in [0, 0.1) is 0 Å². The van der Waals surface area contributed by atoms with Gasteiger partial charge < -0.3 is 31.4 Å². The third-order valence-corrected chi connectivity index (χ3v) is 2.98. The fourth-order valence-corrected chi connectivity index (χ4v) is 1.59. The summed E-state index contributed by atoms with van der Waals surface area (Å²) >= 11 is 0. The molecule has 0 aromatic heterocycles. The van der Waals surface area contributed by atoms with Gasteiger partial charge in [-0.1, -0.05) is 123 Å². The molecule has 0 unspecified atom stereocenters. The number of hydrogen-bond donors (Lipinski definition) is 3. The Labute approximate surface area is 325 Å². The van der Waals surface area contributed by atoms with E-state index in [1.54, 1.807) is 11.9 Å². The van der Waals surface area contributed by atoms with Crippen LogP contribution in [0.25, 0.3) is 5.32 Å². The van der Waals surface area contributed by atoms with Crippen molar-refractivity contribution in [1.29, 1.82) is 0 Å². The minimum absolute atomic E-state index is 0. The van der Waals surface area contributed by atoms with Gasteiger partial charge in [0.2, 0.25) is 5.91 Å². The van der Waals surface area contributed by atoms with E-state index in [-0.39, 0.29) is 179 Å². The summed E-state index contributed by atoms with van der Waals surface area (Å²) in [5.41, 5.74) is 0. The van der Waals surface area contributed by atoms with E-state index in [4.69, 9.17) is 5.11 Å². The van der Waals surface area contributed by atoms with Gasteiger partial charge in [-0.15, -0.1) is 6.54 Å². The maximum Gasteiger partial charge on any atom is 0.303 e. The predicted octanol–water partition coefficient (Wildman–Crippen LogP) is 10.8. The first-order valence-electron chi connectivity index (χ1n) is 10.1. The van der Waals surface area contributed by atoms with Crippen LogP contribution < -0.4 is 10.6 Å². The number of carboxylic acids is 1. The van der Waals surface area contributed by atoms with Crippen molar-refractivity contribution >= 4 is 11.9 Å². The summed E-state index contributed by atoms with van der Waals surface area (Å²) in [5.74, 6) is -1.02. The quantitative estimate of drug-likeness (QED) is 0.192. The van der Waals surface area contributed by atoms with Gasteiger partial charge in [-0.05, 0) is 46.4 Å². The third kappa shape index (κ3) is 182. The Morgan fingerprint density at radius 2 is 0.952 bits per heavy atom. The fourth-order valence-electron chi connectivity index (χ4n) is 1.59. The van der Waals surface area contributed by atoms with Gasteiger partial charge >= 0.3 is 5.97 Å². The van der Waals surface area contributed by atoms with Crippen molar-refractivity contribution in [3.05, 3.63) is 5.32 Å². The molecule has 4 N–H and O–H groups in total. The molecule has 0 saturated carbocycles. The third-order valence-electron chi connectivity index (χ3n) is 2.98. The average molecular weight is 779 g/mol. The minimum atomic E-state index is -0.923. The second-order valence-corrected chi connectivity index (χ2v) is 5.96. The summed E-state index contributed by atoms with van der Waals surface area (Å²) in [4.78, 5) is 22.8. The molecule has 0 fully saturated rings. The van der Waals surface area contributed by atoms with E-state index in [0.29, 0.717) is 6.54 Å². The molecule has 0 heterocycles. The second-order valence-electron chi connectivity index (χ2n) is 5.96. The first-order valence-corrected chi connectivity index (χ1v) is 10.1. The molecule has 0 spiro atoms. The number of carboxylic acid groups (broad SMARTS) is 1. The van der Waals surface area contributed by atoms with Gasteiger partial charge in [0, 0.05) is 85.4 Å². The van der Waals surface area contributed by atoms with Gasteiger partial charge in [-0.25, -0.2) is 0 Å². The molecule has 0 aliphatic rings. The van der Waals surface area contributed by atoms with E-state index in [2.05, 4.69) is 36.7 Å². The van der Waals surface area contributed by atoms with Gasteiger partial charge in [0.15, 0.2) is 0 Å². The molecule has 1 amide bonds. The van der Waals surface area contributed by atoms with Crippen LogP contribution >= 0.6 is 0 Å². The smallest absolute Gasteiger partial charge is 0.303 e. The van der Waals surface area contributed by atoms with Crippen molar-refractivity contribution in [2.24, 2.45) is 0 Å². The molecule has 0 aliphatic carbocycles. The number of nitrogens with one attached hydrogen (secondary N) is 2. The first-order chi connectivity index (χ1) is 12.8. The molecule has 0 aliphatic heterocycles. The van der Waals surface area contributed by atoms with Gasteiger partial charge in [-0.3, -0.25) is 9.59 Å². The first kappa shape index (κ1) is 132. The Bertz CT molecular complexity index is 289. The van der Waals surface area contributed by atoms with Crippen molar-refractivity contribution in [2.75, 3.05) is 54.4 Å². The van der Waals surface area contributed by atoms with Gasteiger partial charge in [0.25, 0.3) is 0 Å². The topological polar surface area (TPSA) is 126 Å². The van der Waals surface area contributed by atoms with Gasteiger partial charge in [-0.2, -0.15) is 7.05 Å². The Morgan fingerprint density at radius 1 is 0.643 bits per heavy atom. The zero-order valence-corrected chi connectivity index (χ0v) is 26.5. The number of hydrogen-bond acceptors (Lipinski definition) is 5. The molecule has 0 aromatic rings. The van der Waals surface area contributed by atoms with Crippen molar-refractivity contribution < 1.29 is 85.6 Å². The zero-order valence-electron chi connectivity index (χ0n) is 20.8. The molecular formula is C32H96N4O4Y2-2. The van der Waals surface area contributed by atoms with Crippen molar-refractivity contribution in [2.45, 2.75) is 155 Å². The van der Waals surface area contributed by atoms with Crippen LogP contribution in [0.2, 0.25) is 0 Å². The maximum atomic E-state index is 11.1. The molecule has 8 nitrogen and oxygen atoms in total. The van der Waals surface area contributed by atoms with Crippen LogP contribution in [-0.2, 0) is 75.0 Å². The number of aliphatic carboxylic acids is 1. The molecule has 0 aromatic carbocycles. The normalized spacial score (nSPS) is 5.71. The minimum Gasteiger partial charge on any atom is -0.870 e. The van der Waals surface area contributed by atoms with Crippen LogP contribution in [0.15, 0.2) is 0 Å². The molecule has 42 heavy (non-hydrogen) atoms. The molecular weight excluding hydrogens is 682 g/mol. The Hall–Kier alpha value is 0.988. The van der Waals surface area contributed by atoms with E-state index in [0.717, 1.165) is 26.1 Å². The number of amides is 1. The summed E-state index contributed by atoms with van der Waals surface area (Å²) in [5, 5.41) is 18.2. The summed E-state index contributed by atoms with van der Waals surface area (Å²) < 4.78 is 0. The van der Waals surface area contributed by atoms with Crippen LogP contribution in [0.4, 0.5) is 0 Å². The van der Waals surface area contributed by atoms with Crippen LogP contribution in [-0.4, -0.2) is 81.7 Å².